The first-order valence-corrected chi connectivity index (χ1v) is 14.2. The fraction of sp³-hybridized carbons (Fsp3) is 0.312. The molecule has 0 unspecified atom stereocenters. The third-order valence-electron chi connectivity index (χ3n) is 6.69. The molecule has 1 amide bonds. The number of aromatic nitrogens is 1. The van der Waals surface area contributed by atoms with Crippen LogP contribution in [0.4, 0.5) is 0 Å². The molecule has 0 aliphatic carbocycles. The van der Waals surface area contributed by atoms with Gasteiger partial charge in [0.15, 0.2) is 0 Å². The van der Waals surface area contributed by atoms with Gasteiger partial charge in [0.2, 0.25) is 0 Å². The Bertz CT molecular complexity index is 1240. The molecule has 204 valence electrons. The monoisotopic (exact) mass is 542 g/mol. The third kappa shape index (κ3) is 8.75. The molecule has 0 aliphatic heterocycles. The lowest BCUT2D eigenvalue weighted by Gasteiger charge is -2.25. The number of likely N-dealkylation sites (N-methyl/N-ethyl adjacent to an activating group) is 1. The second kappa shape index (κ2) is 14.6. The summed E-state index contributed by atoms with van der Waals surface area (Å²) in [6.07, 6.45) is 0.966. The first-order chi connectivity index (χ1) is 19.0. The average molecular weight is 543 g/mol. The van der Waals surface area contributed by atoms with Crippen molar-refractivity contribution in [2.75, 3.05) is 40.8 Å². The molecule has 0 aliphatic rings. The van der Waals surface area contributed by atoms with Crippen molar-refractivity contribution in [2.24, 2.45) is 0 Å². The number of carbonyl (C=O) groups excluding carboxylic acids is 1. The van der Waals surface area contributed by atoms with Crippen molar-refractivity contribution in [3.63, 3.8) is 0 Å². The van der Waals surface area contributed by atoms with E-state index in [1.165, 1.54) is 16.7 Å². The lowest BCUT2D eigenvalue weighted by atomic mass is 9.88. The van der Waals surface area contributed by atoms with E-state index < -0.39 is 0 Å². The van der Waals surface area contributed by atoms with E-state index in [2.05, 4.69) is 83.0 Å². The van der Waals surface area contributed by atoms with Crippen LogP contribution in [0.5, 0.6) is 5.75 Å². The predicted molar refractivity (Wildman–Crippen MR) is 159 cm³/mol. The highest BCUT2D eigenvalue weighted by atomic mass is 32.1. The van der Waals surface area contributed by atoms with Crippen molar-refractivity contribution < 1.29 is 9.53 Å². The van der Waals surface area contributed by atoms with E-state index in [1.54, 1.807) is 18.4 Å². The second-order valence-corrected chi connectivity index (χ2v) is 10.8. The molecule has 1 aromatic heterocycles. The minimum absolute atomic E-state index is 0.116. The van der Waals surface area contributed by atoms with Crippen molar-refractivity contribution in [3.05, 3.63) is 118 Å². The normalized spacial score (nSPS) is 11.3. The number of amides is 1. The molecule has 1 N–H and O–H groups in total. The molecule has 0 fully saturated rings. The molecule has 0 radical (unpaired) electrons. The molecule has 0 saturated heterocycles. The van der Waals surface area contributed by atoms with Crippen molar-refractivity contribution in [1.82, 2.24) is 20.1 Å². The molecule has 0 spiro atoms. The number of benzene rings is 3. The number of carbonyl (C=O) groups is 1. The molecule has 4 rings (SSSR count). The summed E-state index contributed by atoms with van der Waals surface area (Å²) in [7, 11) is 5.67. The van der Waals surface area contributed by atoms with Crippen molar-refractivity contribution in [1.29, 1.82) is 0 Å². The summed E-state index contributed by atoms with van der Waals surface area (Å²) in [6.45, 7) is 3.73. The lowest BCUT2D eigenvalue weighted by Crippen LogP contribution is -2.31. The number of ether oxygens (including phenoxy) is 1. The highest BCUT2D eigenvalue weighted by Gasteiger charge is 2.18. The minimum Gasteiger partial charge on any atom is -0.497 e. The van der Waals surface area contributed by atoms with Crippen LogP contribution in [0.15, 0.2) is 90.3 Å². The van der Waals surface area contributed by atoms with Gasteiger partial charge in [0.1, 0.15) is 16.5 Å². The van der Waals surface area contributed by atoms with Crippen LogP contribution in [0.2, 0.25) is 0 Å². The average Bonchev–Trinajstić information content (AvgIpc) is 3.43. The first-order valence-electron chi connectivity index (χ1n) is 13.3. The van der Waals surface area contributed by atoms with Crippen LogP contribution in [-0.4, -0.2) is 61.5 Å². The van der Waals surface area contributed by atoms with E-state index in [-0.39, 0.29) is 5.91 Å². The molecule has 7 heteroatoms. The second-order valence-electron chi connectivity index (χ2n) is 9.91. The molecular formula is C32H38N4O2S. The van der Waals surface area contributed by atoms with Gasteiger partial charge in [-0.05, 0) is 55.9 Å². The van der Waals surface area contributed by atoms with Gasteiger partial charge < -0.3 is 15.0 Å². The van der Waals surface area contributed by atoms with E-state index >= 15 is 0 Å². The van der Waals surface area contributed by atoms with E-state index in [0.717, 1.165) is 36.8 Å². The Hall–Kier alpha value is -3.52. The Morgan fingerprint density at radius 1 is 0.897 bits per heavy atom. The SMILES string of the molecule is COc1ccc(CN(CCC(c2ccccc2)c2ccccc2)Cc2nc(C(=O)NCCN(C)C)cs2)cc1. The van der Waals surface area contributed by atoms with Crippen molar-refractivity contribution >= 4 is 17.2 Å². The molecule has 4 aromatic rings. The maximum absolute atomic E-state index is 12.6. The molecular weight excluding hydrogens is 504 g/mol. The number of methoxy groups -OCH3 is 1. The summed E-state index contributed by atoms with van der Waals surface area (Å²) in [4.78, 5) is 21.8. The van der Waals surface area contributed by atoms with Crippen LogP contribution in [-0.2, 0) is 13.1 Å². The van der Waals surface area contributed by atoms with Gasteiger partial charge in [-0.2, -0.15) is 0 Å². The highest BCUT2D eigenvalue weighted by Crippen LogP contribution is 2.29. The summed E-state index contributed by atoms with van der Waals surface area (Å²) >= 11 is 1.55. The van der Waals surface area contributed by atoms with Crippen LogP contribution in [0.25, 0.3) is 0 Å². The summed E-state index contributed by atoms with van der Waals surface area (Å²) in [5.74, 6) is 1.03. The van der Waals surface area contributed by atoms with Crippen LogP contribution in [0.1, 0.15) is 44.5 Å². The Kier molecular flexibility index (Phi) is 10.7. The number of nitrogens with zero attached hydrogens (tertiary/aromatic N) is 3. The minimum atomic E-state index is -0.116. The lowest BCUT2D eigenvalue weighted by molar-refractivity contribution is 0.0946. The van der Waals surface area contributed by atoms with E-state index in [9.17, 15) is 4.79 Å². The van der Waals surface area contributed by atoms with Crippen LogP contribution in [0.3, 0.4) is 0 Å². The Balaban J connectivity index is 1.50. The molecule has 0 atom stereocenters. The molecule has 3 aromatic carbocycles. The smallest absolute Gasteiger partial charge is 0.270 e. The molecule has 6 nitrogen and oxygen atoms in total. The van der Waals surface area contributed by atoms with Gasteiger partial charge in [-0.1, -0.05) is 72.8 Å². The van der Waals surface area contributed by atoms with Crippen LogP contribution >= 0.6 is 11.3 Å². The summed E-state index contributed by atoms with van der Waals surface area (Å²) in [5.41, 5.74) is 4.34. The largest absolute Gasteiger partial charge is 0.497 e. The molecule has 1 heterocycles. The Morgan fingerprint density at radius 2 is 1.54 bits per heavy atom. The molecule has 0 bridgehead atoms. The van der Waals surface area contributed by atoms with E-state index in [0.29, 0.717) is 24.7 Å². The van der Waals surface area contributed by atoms with Gasteiger partial charge in [-0.3, -0.25) is 9.69 Å². The predicted octanol–water partition coefficient (Wildman–Crippen LogP) is 5.67. The highest BCUT2D eigenvalue weighted by molar-refractivity contribution is 7.09. The fourth-order valence-electron chi connectivity index (χ4n) is 4.57. The van der Waals surface area contributed by atoms with Crippen LogP contribution in [0, 0.1) is 0 Å². The number of rotatable bonds is 14. The maximum atomic E-state index is 12.6. The quantitative estimate of drug-likeness (QED) is 0.223. The maximum Gasteiger partial charge on any atom is 0.270 e. The van der Waals surface area contributed by atoms with Gasteiger partial charge in [0, 0.05) is 30.9 Å². The molecule has 0 saturated carbocycles. The van der Waals surface area contributed by atoms with E-state index in [1.807, 2.05) is 36.5 Å². The molecule has 39 heavy (non-hydrogen) atoms. The van der Waals surface area contributed by atoms with Gasteiger partial charge in [0.25, 0.3) is 5.91 Å². The summed E-state index contributed by atoms with van der Waals surface area (Å²) in [6, 6.07) is 29.7. The van der Waals surface area contributed by atoms with Crippen LogP contribution < -0.4 is 10.1 Å². The zero-order valence-corrected chi connectivity index (χ0v) is 23.9. The Labute approximate surface area is 236 Å². The summed E-state index contributed by atoms with van der Waals surface area (Å²) in [5, 5.41) is 5.77. The zero-order chi connectivity index (χ0) is 27.5. The van der Waals surface area contributed by atoms with Gasteiger partial charge in [-0.15, -0.1) is 11.3 Å². The van der Waals surface area contributed by atoms with E-state index in [4.69, 9.17) is 9.72 Å². The topological polar surface area (TPSA) is 57.7 Å². The Morgan fingerprint density at radius 3 is 2.13 bits per heavy atom. The number of nitrogens with one attached hydrogen (secondary N) is 1. The number of thiazole rings is 1. The fourth-order valence-corrected chi connectivity index (χ4v) is 5.39. The van der Waals surface area contributed by atoms with Gasteiger partial charge >= 0.3 is 0 Å². The van der Waals surface area contributed by atoms with Gasteiger partial charge in [0.05, 0.1) is 13.7 Å². The standard InChI is InChI=1S/C32H38N4O2S/c1-35(2)21-19-33-32(37)30-24-39-31(34-30)23-36(22-25-14-16-28(38-3)17-15-25)20-18-29(26-10-6-4-7-11-26)27-12-8-5-9-13-27/h4-17,24,29H,18-23H2,1-3H3,(H,33,37). The van der Waals surface area contributed by atoms with Crippen molar-refractivity contribution in [2.45, 2.75) is 25.4 Å². The van der Waals surface area contributed by atoms with Gasteiger partial charge in [-0.25, -0.2) is 4.98 Å². The number of hydrogen-bond acceptors (Lipinski definition) is 6. The van der Waals surface area contributed by atoms with Crippen molar-refractivity contribution in [3.8, 4) is 5.75 Å². The summed E-state index contributed by atoms with van der Waals surface area (Å²) < 4.78 is 5.35. The third-order valence-corrected chi connectivity index (χ3v) is 7.52. The first kappa shape index (κ1) is 28.5. The number of hydrogen-bond donors (Lipinski definition) is 1. The zero-order valence-electron chi connectivity index (χ0n) is 23.0.